The van der Waals surface area contributed by atoms with Crippen molar-refractivity contribution in [1.82, 2.24) is 0 Å². The third kappa shape index (κ3) is 8.55. The maximum absolute atomic E-state index is 12.3. The van der Waals surface area contributed by atoms with Gasteiger partial charge in [0.2, 0.25) is 0 Å². The van der Waals surface area contributed by atoms with Crippen LogP contribution in [0.3, 0.4) is 0 Å². The fourth-order valence-electron chi connectivity index (χ4n) is 17.0. The highest BCUT2D eigenvalue weighted by molar-refractivity contribution is 5.36. The Morgan fingerprint density at radius 1 is 0.573 bits per heavy atom. The van der Waals surface area contributed by atoms with Crippen LogP contribution in [0.5, 0.6) is 0 Å². The van der Waals surface area contributed by atoms with Gasteiger partial charge in [0.25, 0.3) is 0 Å². The number of hydrogen-bond acceptors (Lipinski definition) is 22. The number of hydrogen-bond donors (Lipinski definition) is 13. The van der Waals surface area contributed by atoms with Gasteiger partial charge >= 0.3 is 0 Å². The first-order chi connectivity index (χ1) is 35.2. The topological polar surface area (TPSA) is 346 Å². The average Bonchev–Trinajstić information content (AvgIpc) is 3.65. The highest BCUT2D eigenvalue weighted by atomic mass is 16.8. The molecular formula is C53H86O22. The van der Waals surface area contributed by atoms with Crippen molar-refractivity contribution in [3.63, 3.8) is 0 Å². The van der Waals surface area contributed by atoms with Crippen molar-refractivity contribution in [1.29, 1.82) is 0 Å². The van der Waals surface area contributed by atoms with E-state index in [4.69, 9.17) is 42.6 Å². The lowest BCUT2D eigenvalue weighted by molar-refractivity contribution is -0.402. The summed E-state index contributed by atoms with van der Waals surface area (Å²) in [5.41, 5.74) is -2.76. The summed E-state index contributed by atoms with van der Waals surface area (Å²) in [5.74, 6) is 0.0623. The van der Waals surface area contributed by atoms with Crippen LogP contribution in [0.15, 0.2) is 12.2 Å². The summed E-state index contributed by atoms with van der Waals surface area (Å²) in [6.45, 7) is 13.4. The molecule has 0 aromatic heterocycles. The molecule has 10 aliphatic rings. The molecule has 430 valence electrons. The summed E-state index contributed by atoms with van der Waals surface area (Å²) in [6.07, 6.45) is -22.2. The molecule has 0 radical (unpaired) electrons. The predicted molar refractivity (Wildman–Crippen MR) is 256 cm³/mol. The van der Waals surface area contributed by atoms with E-state index < -0.39 is 165 Å². The van der Waals surface area contributed by atoms with Gasteiger partial charge in [-0.05, 0) is 86.4 Å². The van der Waals surface area contributed by atoms with Crippen molar-refractivity contribution in [3.05, 3.63) is 12.2 Å². The molecule has 2 bridgehead atoms. The van der Waals surface area contributed by atoms with E-state index in [-0.39, 0.29) is 46.0 Å². The van der Waals surface area contributed by atoms with Crippen LogP contribution >= 0.6 is 0 Å². The number of fused-ring (bicyclic) bond motifs is 4. The summed E-state index contributed by atoms with van der Waals surface area (Å²) in [5, 5.41) is 143. The second kappa shape index (κ2) is 20.1. The molecule has 0 amide bonds. The number of aliphatic hydroxyl groups excluding tert-OH is 13. The molecule has 5 aliphatic heterocycles. The molecule has 30 atom stereocenters. The lowest BCUT2D eigenvalue weighted by atomic mass is 9.32. The van der Waals surface area contributed by atoms with Gasteiger partial charge in [0.15, 0.2) is 25.2 Å². The summed E-state index contributed by atoms with van der Waals surface area (Å²) < 4.78 is 56.1. The molecule has 0 unspecified atom stereocenters. The zero-order valence-corrected chi connectivity index (χ0v) is 44.2. The predicted octanol–water partition coefficient (Wildman–Crippen LogP) is -1.94. The van der Waals surface area contributed by atoms with E-state index in [9.17, 15) is 66.4 Å². The molecule has 75 heavy (non-hydrogen) atoms. The van der Waals surface area contributed by atoms with Crippen LogP contribution in [0, 0.1) is 50.2 Å². The van der Waals surface area contributed by atoms with Gasteiger partial charge in [-0.15, -0.1) is 0 Å². The van der Waals surface area contributed by atoms with Gasteiger partial charge in [-0.25, -0.2) is 0 Å². The van der Waals surface area contributed by atoms with E-state index in [1.807, 2.05) is 6.92 Å². The Kier molecular flexibility index (Phi) is 15.3. The number of allylic oxidation sites excluding steroid dienone is 1. The fraction of sp³-hybridized carbons (Fsp3) is 0.962. The van der Waals surface area contributed by atoms with E-state index in [0.717, 1.165) is 25.7 Å². The van der Waals surface area contributed by atoms with Crippen LogP contribution in [-0.4, -0.2) is 234 Å². The van der Waals surface area contributed by atoms with E-state index in [2.05, 4.69) is 46.8 Å². The molecule has 0 aromatic rings. The smallest absolute Gasteiger partial charge is 0.187 e. The minimum absolute atomic E-state index is 0.0256. The van der Waals surface area contributed by atoms with Gasteiger partial charge in [0.05, 0.1) is 56.9 Å². The van der Waals surface area contributed by atoms with E-state index >= 15 is 0 Å². The van der Waals surface area contributed by atoms with Gasteiger partial charge < -0.3 is 109 Å². The molecule has 9 fully saturated rings. The summed E-state index contributed by atoms with van der Waals surface area (Å²) >= 11 is 0. The Morgan fingerprint density at radius 3 is 1.89 bits per heavy atom. The molecule has 13 N–H and O–H groups in total. The van der Waals surface area contributed by atoms with Gasteiger partial charge in [-0.2, -0.15) is 0 Å². The Balaban J connectivity index is 0.937. The maximum Gasteiger partial charge on any atom is 0.187 e. The molecule has 1 spiro atoms. The summed E-state index contributed by atoms with van der Waals surface area (Å²) in [4.78, 5) is 0. The van der Waals surface area contributed by atoms with Crippen LogP contribution in [-0.2, 0) is 42.6 Å². The largest absolute Gasteiger partial charge is 0.396 e. The first-order valence-electron chi connectivity index (χ1n) is 27.4. The SMILES string of the molecule is C[C@H]1O[C@@H](O[C@H]2CC[C@@]3(C)[C@@H](CC[C@]4(C)[C@@H]3C=C[C@]35OC[C@@]6(CCC(C)(C)C[C@H]63)[C@@H](O)C[C@]54C)[C@]2(C)CO)[C@H](O[C@@H]2O[C@H](CO)[C@@H](O)[C@H](O)[C@H]2O)[C@@H](O[C@@H]2O[C@H](CO)[C@@H](O[C@@H]3OC[C@@H](O)[C@H](O)[C@H]3O)[C@H](O)[C@H]2O)[C@H]1O. The van der Waals surface area contributed by atoms with E-state index in [1.165, 1.54) is 6.92 Å². The van der Waals surface area contributed by atoms with Crippen LogP contribution < -0.4 is 0 Å². The van der Waals surface area contributed by atoms with Gasteiger partial charge in [-0.3, -0.25) is 0 Å². The molecule has 4 saturated carbocycles. The van der Waals surface area contributed by atoms with Crippen LogP contribution in [0.1, 0.15) is 99.8 Å². The Morgan fingerprint density at radius 2 is 1.21 bits per heavy atom. The highest BCUT2D eigenvalue weighted by Crippen LogP contribution is 2.79. The Bertz CT molecular complexity index is 2070. The van der Waals surface area contributed by atoms with Gasteiger partial charge in [0, 0.05) is 22.2 Å². The number of aliphatic hydroxyl groups is 13. The fourth-order valence-corrected chi connectivity index (χ4v) is 17.0. The first kappa shape index (κ1) is 57.1. The van der Waals surface area contributed by atoms with Crippen LogP contribution in [0.2, 0.25) is 0 Å². The van der Waals surface area contributed by atoms with Crippen molar-refractivity contribution in [3.8, 4) is 0 Å². The lowest BCUT2D eigenvalue weighted by Crippen LogP contribution is -2.72. The van der Waals surface area contributed by atoms with Crippen molar-refractivity contribution >= 4 is 0 Å². The minimum atomic E-state index is -2.00. The van der Waals surface area contributed by atoms with Crippen molar-refractivity contribution in [2.75, 3.05) is 33.0 Å². The Labute approximate surface area is 437 Å². The monoisotopic (exact) mass is 1070 g/mol. The second-order valence-corrected chi connectivity index (χ2v) is 26.1. The van der Waals surface area contributed by atoms with Gasteiger partial charge in [0.1, 0.15) is 85.5 Å². The van der Waals surface area contributed by atoms with E-state index in [1.54, 1.807) is 0 Å². The normalized spacial score (nSPS) is 58.3. The molecule has 22 nitrogen and oxygen atoms in total. The highest BCUT2D eigenvalue weighted by Gasteiger charge is 2.79. The second-order valence-electron chi connectivity index (χ2n) is 26.1. The van der Waals surface area contributed by atoms with Crippen LogP contribution in [0.4, 0.5) is 0 Å². The molecule has 5 saturated heterocycles. The van der Waals surface area contributed by atoms with E-state index in [0.29, 0.717) is 32.3 Å². The lowest BCUT2D eigenvalue weighted by Gasteiger charge is -2.73. The third-order valence-corrected chi connectivity index (χ3v) is 21.8. The Hall–Kier alpha value is -1.14. The first-order valence-corrected chi connectivity index (χ1v) is 27.4. The van der Waals surface area contributed by atoms with Crippen LogP contribution in [0.25, 0.3) is 0 Å². The van der Waals surface area contributed by atoms with Crippen molar-refractivity contribution in [2.24, 2.45) is 50.2 Å². The molecule has 10 rings (SSSR count). The summed E-state index contributed by atoms with van der Waals surface area (Å²) in [7, 11) is 0. The van der Waals surface area contributed by atoms with Crippen molar-refractivity contribution in [2.45, 2.75) is 234 Å². The molecular weight excluding hydrogens is 989 g/mol. The number of rotatable bonds is 11. The standard InChI is InChI=1S/C53H86O22/c1-23-32(59)41(74-45-39(66)36(63)40(26(19-55)71-45)73-43-37(64)33(60)24(57)20-67-43)42(75-44-38(65)35(62)34(61)25(18-54)70-44)46(69-23)72-31-10-11-48(4)27(49(31,5)21-56)8-12-50(6)28(48)9-13-53-29-16-47(2,3)14-15-52(29,22-68-53)30(58)17-51(50,53)7/h9,13,23-46,54-66H,8,10-12,14-22H2,1-7H3/t23-,24-,25-,26-,27-,28-,29-,30+,31+,32+,33+,34-,35+,36-,37-,38-,39-,40-,41+,42-,43+,44+,45+,46+,48+,49+,50-,51+,52-,53+/m1/s1. The zero-order chi connectivity index (χ0) is 54.3. The maximum atomic E-state index is 12.3. The van der Waals surface area contributed by atoms with Gasteiger partial charge in [-0.1, -0.05) is 53.7 Å². The minimum Gasteiger partial charge on any atom is -0.396 e. The number of ether oxygens (including phenoxy) is 9. The molecule has 0 aromatic carbocycles. The molecule has 5 heterocycles. The molecule has 22 heteroatoms. The quantitative estimate of drug-likeness (QED) is 0.0791. The zero-order valence-electron chi connectivity index (χ0n) is 44.2. The average molecular weight is 1080 g/mol. The summed E-state index contributed by atoms with van der Waals surface area (Å²) in [6, 6.07) is 0. The molecule has 5 aliphatic carbocycles. The van der Waals surface area contributed by atoms with Crippen molar-refractivity contribution < 1.29 is 109 Å². The third-order valence-electron chi connectivity index (χ3n) is 21.8.